The molecular formula is C10H9BrN2. The summed E-state index contributed by atoms with van der Waals surface area (Å²) in [5.41, 5.74) is 7.67. The van der Waals surface area contributed by atoms with Crippen LogP contribution in [0.4, 0.5) is 0 Å². The number of fused-ring (bicyclic) bond motifs is 1. The quantitative estimate of drug-likeness (QED) is 0.773. The van der Waals surface area contributed by atoms with E-state index in [0.29, 0.717) is 6.54 Å². The number of halogens is 1. The zero-order valence-electron chi connectivity index (χ0n) is 7.00. The van der Waals surface area contributed by atoms with Gasteiger partial charge in [-0.15, -0.1) is 0 Å². The second kappa shape index (κ2) is 3.44. The maximum absolute atomic E-state index is 5.54. The summed E-state index contributed by atoms with van der Waals surface area (Å²) in [5, 5.41) is 1.13. The Morgan fingerprint density at radius 3 is 2.85 bits per heavy atom. The zero-order valence-corrected chi connectivity index (χ0v) is 8.58. The number of hydrogen-bond donors (Lipinski definition) is 1. The highest BCUT2D eigenvalue weighted by Gasteiger charge is 1.96. The highest BCUT2D eigenvalue weighted by molar-refractivity contribution is 9.10. The van der Waals surface area contributed by atoms with E-state index in [-0.39, 0.29) is 0 Å². The summed E-state index contributed by atoms with van der Waals surface area (Å²) in [6, 6.07) is 10.0. The Balaban J connectivity index is 2.66. The lowest BCUT2D eigenvalue weighted by Gasteiger charge is -2.00. The predicted molar refractivity (Wildman–Crippen MR) is 57.3 cm³/mol. The van der Waals surface area contributed by atoms with E-state index < -0.39 is 0 Å². The largest absolute Gasteiger partial charge is 0.326 e. The molecule has 13 heavy (non-hydrogen) atoms. The smallest absolute Gasteiger partial charge is 0.106 e. The molecule has 0 spiro atoms. The second-order valence-corrected chi connectivity index (χ2v) is 3.68. The standard InChI is InChI=1S/C10H9BrN2/c11-10-4-2-8-5-7(6-12)1-3-9(8)13-10/h1-5H,6,12H2. The molecule has 0 aliphatic heterocycles. The number of rotatable bonds is 1. The number of nitrogens with zero attached hydrogens (tertiary/aromatic N) is 1. The zero-order chi connectivity index (χ0) is 9.26. The van der Waals surface area contributed by atoms with Gasteiger partial charge in [-0.3, -0.25) is 0 Å². The molecule has 2 nitrogen and oxygen atoms in total. The van der Waals surface area contributed by atoms with Crippen LogP contribution in [0.5, 0.6) is 0 Å². The van der Waals surface area contributed by atoms with Crippen LogP contribution in [-0.2, 0) is 6.54 Å². The fourth-order valence-corrected chi connectivity index (χ4v) is 1.60. The minimum Gasteiger partial charge on any atom is -0.326 e. The summed E-state index contributed by atoms with van der Waals surface area (Å²) >= 11 is 3.33. The average Bonchev–Trinajstić information content (AvgIpc) is 2.17. The topological polar surface area (TPSA) is 38.9 Å². The minimum absolute atomic E-state index is 0.575. The highest BCUT2D eigenvalue weighted by atomic mass is 79.9. The SMILES string of the molecule is NCc1ccc2nc(Br)ccc2c1. The third kappa shape index (κ3) is 1.71. The Bertz CT molecular complexity index is 440. The van der Waals surface area contributed by atoms with Crippen molar-refractivity contribution in [3.63, 3.8) is 0 Å². The van der Waals surface area contributed by atoms with E-state index in [2.05, 4.69) is 27.0 Å². The molecule has 0 unspecified atom stereocenters. The Morgan fingerprint density at radius 1 is 1.23 bits per heavy atom. The van der Waals surface area contributed by atoms with E-state index in [1.54, 1.807) is 0 Å². The van der Waals surface area contributed by atoms with Crippen LogP contribution in [0.3, 0.4) is 0 Å². The molecule has 0 aliphatic rings. The molecule has 0 fully saturated rings. The maximum atomic E-state index is 5.54. The number of benzene rings is 1. The van der Waals surface area contributed by atoms with Crippen LogP contribution in [0, 0.1) is 0 Å². The van der Waals surface area contributed by atoms with E-state index >= 15 is 0 Å². The van der Waals surface area contributed by atoms with Crippen LogP contribution in [0.15, 0.2) is 34.9 Å². The van der Waals surface area contributed by atoms with Gasteiger partial charge in [-0.1, -0.05) is 12.1 Å². The molecule has 2 N–H and O–H groups in total. The highest BCUT2D eigenvalue weighted by Crippen LogP contribution is 2.16. The molecule has 3 heteroatoms. The third-order valence-electron chi connectivity index (χ3n) is 1.96. The Morgan fingerprint density at radius 2 is 2.08 bits per heavy atom. The molecule has 0 radical (unpaired) electrons. The van der Waals surface area contributed by atoms with Crippen LogP contribution in [0.1, 0.15) is 5.56 Å². The van der Waals surface area contributed by atoms with Gasteiger partial charge in [0.25, 0.3) is 0 Å². The molecular weight excluding hydrogens is 228 g/mol. The molecule has 0 saturated heterocycles. The molecule has 1 aromatic heterocycles. The lowest BCUT2D eigenvalue weighted by molar-refractivity contribution is 1.07. The summed E-state index contributed by atoms with van der Waals surface area (Å²) in [4.78, 5) is 4.33. The van der Waals surface area contributed by atoms with Crippen LogP contribution >= 0.6 is 15.9 Å². The van der Waals surface area contributed by atoms with E-state index in [1.165, 1.54) is 0 Å². The van der Waals surface area contributed by atoms with Crippen molar-refractivity contribution < 1.29 is 0 Å². The van der Waals surface area contributed by atoms with Gasteiger partial charge >= 0.3 is 0 Å². The van der Waals surface area contributed by atoms with Gasteiger partial charge in [0.15, 0.2) is 0 Å². The summed E-state index contributed by atoms with van der Waals surface area (Å²) < 4.78 is 0.862. The first-order chi connectivity index (χ1) is 6.29. The van der Waals surface area contributed by atoms with Crippen LogP contribution in [0.2, 0.25) is 0 Å². The summed E-state index contributed by atoms with van der Waals surface area (Å²) in [7, 11) is 0. The first-order valence-electron chi connectivity index (χ1n) is 4.05. The van der Waals surface area contributed by atoms with Crippen molar-refractivity contribution in [1.82, 2.24) is 4.98 Å². The second-order valence-electron chi connectivity index (χ2n) is 2.87. The number of hydrogen-bond acceptors (Lipinski definition) is 2. The summed E-state index contributed by atoms with van der Waals surface area (Å²) in [5.74, 6) is 0. The van der Waals surface area contributed by atoms with Crippen molar-refractivity contribution in [1.29, 1.82) is 0 Å². The molecule has 0 bridgehead atoms. The first-order valence-corrected chi connectivity index (χ1v) is 4.84. The Hall–Kier alpha value is -0.930. The van der Waals surface area contributed by atoms with Gasteiger partial charge in [-0.05, 0) is 39.7 Å². The Labute approximate surface area is 84.9 Å². The number of nitrogens with two attached hydrogens (primary N) is 1. The number of aromatic nitrogens is 1. The maximum Gasteiger partial charge on any atom is 0.106 e. The molecule has 2 rings (SSSR count). The number of pyridine rings is 1. The predicted octanol–water partition coefficient (Wildman–Crippen LogP) is 2.46. The van der Waals surface area contributed by atoms with Gasteiger partial charge < -0.3 is 5.73 Å². The molecule has 2 aromatic rings. The van der Waals surface area contributed by atoms with Crippen molar-refractivity contribution >= 4 is 26.8 Å². The lowest BCUT2D eigenvalue weighted by atomic mass is 10.1. The summed E-state index contributed by atoms with van der Waals surface area (Å²) in [6.07, 6.45) is 0. The van der Waals surface area contributed by atoms with E-state index in [4.69, 9.17) is 5.73 Å². The third-order valence-corrected chi connectivity index (χ3v) is 2.40. The molecule has 0 saturated carbocycles. The van der Waals surface area contributed by atoms with Crippen molar-refractivity contribution in [3.05, 3.63) is 40.5 Å². The average molecular weight is 237 g/mol. The van der Waals surface area contributed by atoms with Crippen LogP contribution in [0.25, 0.3) is 10.9 Å². The van der Waals surface area contributed by atoms with Gasteiger partial charge in [0, 0.05) is 11.9 Å². The monoisotopic (exact) mass is 236 g/mol. The molecule has 1 heterocycles. The van der Waals surface area contributed by atoms with E-state index in [9.17, 15) is 0 Å². The van der Waals surface area contributed by atoms with Gasteiger partial charge in [-0.2, -0.15) is 0 Å². The van der Waals surface area contributed by atoms with Crippen molar-refractivity contribution in [2.24, 2.45) is 5.73 Å². The van der Waals surface area contributed by atoms with E-state index in [1.807, 2.05) is 24.3 Å². The van der Waals surface area contributed by atoms with Crippen molar-refractivity contribution in [3.8, 4) is 0 Å². The molecule has 1 aromatic carbocycles. The molecule has 0 atom stereocenters. The molecule has 0 amide bonds. The summed E-state index contributed by atoms with van der Waals surface area (Å²) in [6.45, 7) is 0.575. The van der Waals surface area contributed by atoms with Crippen molar-refractivity contribution in [2.75, 3.05) is 0 Å². The fourth-order valence-electron chi connectivity index (χ4n) is 1.28. The first kappa shape index (κ1) is 8.66. The van der Waals surface area contributed by atoms with Gasteiger partial charge in [0.1, 0.15) is 4.60 Å². The van der Waals surface area contributed by atoms with Crippen LogP contribution in [-0.4, -0.2) is 4.98 Å². The normalized spacial score (nSPS) is 10.6. The van der Waals surface area contributed by atoms with Gasteiger partial charge in [0.05, 0.1) is 5.52 Å². The fraction of sp³-hybridized carbons (Fsp3) is 0.100. The molecule has 0 aliphatic carbocycles. The van der Waals surface area contributed by atoms with Crippen LogP contribution < -0.4 is 5.73 Å². The van der Waals surface area contributed by atoms with Gasteiger partial charge in [0.2, 0.25) is 0 Å². The van der Waals surface area contributed by atoms with E-state index in [0.717, 1.165) is 21.1 Å². The van der Waals surface area contributed by atoms with Crippen molar-refractivity contribution in [2.45, 2.75) is 6.54 Å². The van der Waals surface area contributed by atoms with Gasteiger partial charge in [-0.25, -0.2) is 4.98 Å². The Kier molecular flexibility index (Phi) is 2.29. The molecule has 66 valence electrons. The minimum atomic E-state index is 0.575. The lowest BCUT2D eigenvalue weighted by Crippen LogP contribution is -1.95.